The lowest BCUT2D eigenvalue weighted by molar-refractivity contribution is -0.137. The van der Waals surface area contributed by atoms with E-state index in [9.17, 15) is 18.0 Å². The molecule has 0 saturated carbocycles. The molecule has 0 spiro atoms. The molecule has 28 heavy (non-hydrogen) atoms. The van der Waals surface area contributed by atoms with Crippen LogP contribution in [0.5, 0.6) is 0 Å². The molecule has 0 atom stereocenters. The number of nitrogens with two attached hydrogens (primary N) is 1. The lowest BCUT2D eigenvalue weighted by Crippen LogP contribution is -2.17. The molecule has 1 aromatic carbocycles. The smallest absolute Gasteiger partial charge is 0.383 e. The van der Waals surface area contributed by atoms with E-state index in [1.54, 1.807) is 24.3 Å². The molecule has 0 unspecified atom stereocenters. The highest BCUT2D eigenvalue weighted by Crippen LogP contribution is 2.32. The van der Waals surface area contributed by atoms with Gasteiger partial charge in [-0.15, -0.1) is 0 Å². The molecule has 0 aliphatic heterocycles. The van der Waals surface area contributed by atoms with E-state index >= 15 is 0 Å². The Bertz CT molecular complexity index is 1060. The van der Waals surface area contributed by atoms with Crippen molar-refractivity contribution in [2.75, 3.05) is 0 Å². The summed E-state index contributed by atoms with van der Waals surface area (Å²) in [5, 5.41) is 0.231. The van der Waals surface area contributed by atoms with Crippen molar-refractivity contribution in [1.29, 1.82) is 0 Å². The van der Waals surface area contributed by atoms with E-state index in [0.29, 0.717) is 16.8 Å². The van der Waals surface area contributed by atoms with Gasteiger partial charge in [-0.05, 0) is 42.5 Å². The minimum absolute atomic E-state index is 0.0334. The van der Waals surface area contributed by atoms with Gasteiger partial charge in [-0.2, -0.15) is 18.2 Å². The van der Waals surface area contributed by atoms with Crippen molar-refractivity contribution in [3.8, 4) is 5.82 Å². The second kappa shape index (κ2) is 7.65. The highest BCUT2D eigenvalue weighted by molar-refractivity contribution is 6.32. The SMILES string of the molecule is NC(=NC(=O)c1cccn1-c1ncc(C(F)(F)F)cc1Cl)c1ccc(Cl)cc1. The van der Waals surface area contributed by atoms with Crippen molar-refractivity contribution in [3.63, 3.8) is 0 Å². The van der Waals surface area contributed by atoms with E-state index in [2.05, 4.69) is 9.98 Å². The minimum Gasteiger partial charge on any atom is -0.383 e. The molecule has 2 aromatic heterocycles. The van der Waals surface area contributed by atoms with Gasteiger partial charge in [0.2, 0.25) is 0 Å². The molecular weight excluding hydrogens is 416 g/mol. The Morgan fingerprint density at radius 3 is 2.43 bits per heavy atom. The van der Waals surface area contributed by atoms with E-state index in [1.165, 1.54) is 22.9 Å². The Balaban J connectivity index is 1.95. The monoisotopic (exact) mass is 426 g/mol. The summed E-state index contributed by atoms with van der Waals surface area (Å²) in [5.41, 5.74) is 5.38. The zero-order chi connectivity index (χ0) is 20.5. The fourth-order valence-electron chi connectivity index (χ4n) is 2.35. The summed E-state index contributed by atoms with van der Waals surface area (Å²) >= 11 is 11.8. The number of amides is 1. The van der Waals surface area contributed by atoms with Crippen LogP contribution in [-0.4, -0.2) is 21.3 Å². The average molecular weight is 427 g/mol. The topological polar surface area (TPSA) is 73.3 Å². The number of hydrogen-bond donors (Lipinski definition) is 1. The first-order chi connectivity index (χ1) is 13.2. The fourth-order valence-corrected chi connectivity index (χ4v) is 2.74. The maximum atomic E-state index is 12.8. The zero-order valence-electron chi connectivity index (χ0n) is 13.9. The van der Waals surface area contributed by atoms with Crippen molar-refractivity contribution in [3.05, 3.63) is 81.7 Å². The summed E-state index contributed by atoms with van der Waals surface area (Å²) in [4.78, 5) is 20.1. The first-order valence-electron chi connectivity index (χ1n) is 7.71. The van der Waals surface area contributed by atoms with Crippen LogP contribution in [0.15, 0.2) is 59.9 Å². The van der Waals surface area contributed by atoms with Gasteiger partial charge in [0.15, 0.2) is 5.82 Å². The number of halogens is 5. The number of aromatic nitrogens is 2. The Morgan fingerprint density at radius 2 is 1.82 bits per heavy atom. The van der Waals surface area contributed by atoms with Gasteiger partial charge in [0.05, 0.1) is 10.6 Å². The van der Waals surface area contributed by atoms with E-state index in [-0.39, 0.29) is 22.4 Å². The molecule has 144 valence electrons. The number of aliphatic imine (C=N–C) groups is 1. The molecule has 10 heteroatoms. The number of carbonyl (C=O) groups is 1. The largest absolute Gasteiger partial charge is 0.417 e. The molecule has 1 amide bonds. The van der Waals surface area contributed by atoms with Crippen LogP contribution in [-0.2, 0) is 6.18 Å². The normalized spacial score (nSPS) is 12.2. The summed E-state index contributed by atoms with van der Waals surface area (Å²) in [6, 6.07) is 10.1. The van der Waals surface area contributed by atoms with Crippen molar-refractivity contribution >= 4 is 34.9 Å². The van der Waals surface area contributed by atoms with Gasteiger partial charge < -0.3 is 5.73 Å². The molecule has 3 rings (SSSR count). The summed E-state index contributed by atoms with van der Waals surface area (Å²) in [6.45, 7) is 0. The van der Waals surface area contributed by atoms with E-state index < -0.39 is 17.6 Å². The van der Waals surface area contributed by atoms with Gasteiger partial charge in [0, 0.05) is 23.0 Å². The van der Waals surface area contributed by atoms with Gasteiger partial charge in [-0.1, -0.05) is 23.2 Å². The molecule has 5 nitrogen and oxygen atoms in total. The highest BCUT2D eigenvalue weighted by Gasteiger charge is 2.32. The van der Waals surface area contributed by atoms with Crippen LogP contribution >= 0.6 is 23.2 Å². The number of pyridine rings is 1. The van der Waals surface area contributed by atoms with Crippen LogP contribution < -0.4 is 5.73 Å². The summed E-state index contributed by atoms with van der Waals surface area (Å²) in [6.07, 6.45) is -2.51. The van der Waals surface area contributed by atoms with Gasteiger partial charge >= 0.3 is 6.18 Å². The van der Waals surface area contributed by atoms with E-state index in [1.807, 2.05) is 0 Å². The quantitative estimate of drug-likeness (QED) is 0.485. The van der Waals surface area contributed by atoms with Crippen molar-refractivity contribution in [2.24, 2.45) is 10.7 Å². The number of carbonyl (C=O) groups excluding carboxylic acids is 1. The minimum atomic E-state index is -4.58. The Labute approximate surface area is 167 Å². The second-order valence-electron chi connectivity index (χ2n) is 5.60. The van der Waals surface area contributed by atoms with Crippen LogP contribution in [0.2, 0.25) is 10.0 Å². The molecule has 0 aliphatic carbocycles. The van der Waals surface area contributed by atoms with Crippen molar-refractivity contribution < 1.29 is 18.0 Å². The number of nitrogens with zero attached hydrogens (tertiary/aromatic N) is 3. The van der Waals surface area contributed by atoms with Gasteiger partial charge in [0.25, 0.3) is 5.91 Å². The highest BCUT2D eigenvalue weighted by atomic mass is 35.5. The van der Waals surface area contributed by atoms with E-state index in [0.717, 1.165) is 6.07 Å². The van der Waals surface area contributed by atoms with Gasteiger partial charge in [-0.25, -0.2) is 4.98 Å². The maximum Gasteiger partial charge on any atom is 0.417 e. The molecule has 0 aliphatic rings. The first kappa shape index (κ1) is 19.9. The molecule has 0 saturated heterocycles. The van der Waals surface area contributed by atoms with Crippen LogP contribution in [0, 0.1) is 0 Å². The number of rotatable bonds is 3. The third-order valence-corrected chi connectivity index (χ3v) is 4.24. The molecule has 0 fully saturated rings. The number of hydrogen-bond acceptors (Lipinski definition) is 2. The van der Waals surface area contributed by atoms with Crippen LogP contribution in [0.4, 0.5) is 13.2 Å². The predicted molar refractivity (Wildman–Crippen MR) is 100 cm³/mol. The average Bonchev–Trinajstić information content (AvgIpc) is 3.11. The second-order valence-corrected chi connectivity index (χ2v) is 6.44. The van der Waals surface area contributed by atoms with Crippen LogP contribution in [0.1, 0.15) is 21.6 Å². The third kappa shape index (κ3) is 4.18. The van der Waals surface area contributed by atoms with Crippen molar-refractivity contribution in [2.45, 2.75) is 6.18 Å². The zero-order valence-corrected chi connectivity index (χ0v) is 15.4. The lowest BCUT2D eigenvalue weighted by atomic mass is 10.2. The molecule has 3 aromatic rings. The summed E-state index contributed by atoms with van der Waals surface area (Å²) in [7, 11) is 0. The van der Waals surface area contributed by atoms with Gasteiger partial charge in [0.1, 0.15) is 11.5 Å². The Kier molecular flexibility index (Phi) is 5.44. The standard InChI is InChI=1S/C18H11Cl2F3N4O/c19-12-5-3-10(4-6-12)15(24)26-17(28)14-2-1-7-27(14)16-13(20)8-11(9-25-16)18(21,22)23/h1-9H,(H2,24,26,28). The molecule has 2 heterocycles. The van der Waals surface area contributed by atoms with Crippen molar-refractivity contribution in [1.82, 2.24) is 9.55 Å². The van der Waals surface area contributed by atoms with Crippen LogP contribution in [0.3, 0.4) is 0 Å². The maximum absolute atomic E-state index is 12.8. The molecule has 0 bridgehead atoms. The number of alkyl halides is 3. The molecular formula is C18H11Cl2F3N4O. The fraction of sp³-hybridized carbons (Fsp3) is 0.0556. The summed E-state index contributed by atoms with van der Waals surface area (Å²) in [5.74, 6) is -0.792. The first-order valence-corrected chi connectivity index (χ1v) is 8.47. The molecule has 2 N–H and O–H groups in total. The van der Waals surface area contributed by atoms with Crippen LogP contribution in [0.25, 0.3) is 5.82 Å². The van der Waals surface area contributed by atoms with E-state index in [4.69, 9.17) is 28.9 Å². The Morgan fingerprint density at radius 1 is 1.14 bits per heavy atom. The lowest BCUT2D eigenvalue weighted by Gasteiger charge is -2.11. The molecule has 0 radical (unpaired) electrons. The van der Waals surface area contributed by atoms with Gasteiger partial charge in [-0.3, -0.25) is 9.36 Å². The predicted octanol–water partition coefficient (Wildman–Crippen LogP) is 4.74. The Hall–Kier alpha value is -2.84. The third-order valence-electron chi connectivity index (χ3n) is 3.71. The summed E-state index contributed by atoms with van der Waals surface area (Å²) < 4.78 is 39.6. The number of amidine groups is 1. The number of benzene rings is 1.